The third-order valence-electron chi connectivity index (χ3n) is 12.0. The normalized spacial score (nSPS) is 12.1. The molecule has 0 spiro atoms. The first kappa shape index (κ1) is 38.0. The summed E-state index contributed by atoms with van der Waals surface area (Å²) in [7, 11) is 0. The Labute approximate surface area is 369 Å². The van der Waals surface area contributed by atoms with Gasteiger partial charge >= 0.3 is 0 Å². The number of aromatic nitrogens is 3. The van der Waals surface area contributed by atoms with Crippen LogP contribution in [0, 0.1) is 0 Å². The van der Waals surface area contributed by atoms with Crippen molar-refractivity contribution in [2.45, 2.75) is 6.92 Å². The van der Waals surface area contributed by atoms with Crippen molar-refractivity contribution in [1.29, 1.82) is 0 Å². The minimum absolute atomic E-state index is 0.785. The Morgan fingerprint density at radius 1 is 0.508 bits per heavy atom. The van der Waals surface area contributed by atoms with Crippen LogP contribution in [0.3, 0.4) is 0 Å². The zero-order chi connectivity index (χ0) is 42.3. The fourth-order valence-electron chi connectivity index (χ4n) is 8.91. The molecule has 0 saturated carbocycles. The summed E-state index contributed by atoms with van der Waals surface area (Å²) in [6, 6.07) is 71.0. The van der Waals surface area contributed by atoms with Gasteiger partial charge in [0.05, 0.1) is 21.3 Å². The molecular formula is C58H42N4S. The van der Waals surface area contributed by atoms with Crippen molar-refractivity contribution in [1.82, 2.24) is 14.5 Å². The molecular weight excluding hydrogens is 785 g/mol. The van der Waals surface area contributed by atoms with E-state index < -0.39 is 0 Å². The van der Waals surface area contributed by atoms with Crippen LogP contribution in [0.2, 0.25) is 0 Å². The lowest BCUT2D eigenvalue weighted by Crippen LogP contribution is -1.96. The topological polar surface area (TPSA) is 59.6 Å². The molecule has 0 aliphatic heterocycles. The molecule has 4 aromatic heterocycles. The molecule has 0 radical (unpaired) electrons. The number of hydrogen-bond donors (Lipinski definition) is 2. The van der Waals surface area contributed by atoms with Crippen molar-refractivity contribution in [3.8, 4) is 27.9 Å². The average Bonchev–Trinajstić information content (AvgIpc) is 4.03. The molecule has 63 heavy (non-hydrogen) atoms. The predicted molar refractivity (Wildman–Crippen MR) is 270 cm³/mol. The molecule has 8 aromatic carbocycles. The molecule has 12 aromatic rings. The summed E-state index contributed by atoms with van der Waals surface area (Å²) in [6.45, 7) is 2.02. The highest BCUT2D eigenvalue weighted by Gasteiger charge is 2.15. The van der Waals surface area contributed by atoms with Crippen LogP contribution >= 0.6 is 11.3 Å². The number of hydrogen-bond acceptors (Lipinski definition) is 3. The second-order valence-electron chi connectivity index (χ2n) is 15.8. The number of benzene rings is 8. The summed E-state index contributed by atoms with van der Waals surface area (Å²) in [6.07, 6.45) is 5.98. The highest BCUT2D eigenvalue weighted by Crippen LogP contribution is 2.39. The number of rotatable bonds is 6. The fourth-order valence-corrected chi connectivity index (χ4v) is 9.95. The van der Waals surface area contributed by atoms with Crippen LogP contribution in [-0.2, 0) is 0 Å². The number of pyridine rings is 1. The van der Waals surface area contributed by atoms with E-state index in [1.165, 1.54) is 86.2 Å². The number of allylic oxidation sites excluding steroid dienone is 3. The second kappa shape index (κ2) is 16.1. The molecule has 12 rings (SSSR count). The van der Waals surface area contributed by atoms with E-state index in [1.54, 1.807) is 11.3 Å². The van der Waals surface area contributed by atoms with E-state index in [1.807, 2.05) is 73.8 Å². The lowest BCUT2D eigenvalue weighted by atomic mass is 10.0. The molecule has 0 bridgehead atoms. The fraction of sp³-hybridized carbons (Fsp3) is 0.0172. The van der Waals surface area contributed by atoms with Crippen LogP contribution in [0.15, 0.2) is 219 Å². The van der Waals surface area contributed by atoms with Crippen LogP contribution in [0.5, 0.6) is 0 Å². The van der Waals surface area contributed by atoms with E-state index >= 15 is 0 Å². The number of thiophene rings is 1. The third kappa shape index (κ3) is 7.04. The first-order chi connectivity index (χ1) is 31.1. The quantitative estimate of drug-likeness (QED) is 0.164. The Morgan fingerprint density at radius 3 is 1.95 bits per heavy atom. The molecule has 0 atom stereocenters. The summed E-state index contributed by atoms with van der Waals surface area (Å²) in [5.74, 6) is 0. The lowest BCUT2D eigenvalue weighted by molar-refractivity contribution is 1.18. The van der Waals surface area contributed by atoms with Crippen LogP contribution in [0.25, 0.3) is 103 Å². The molecule has 4 nitrogen and oxygen atoms in total. The summed E-state index contributed by atoms with van der Waals surface area (Å²) < 4.78 is 4.90. The van der Waals surface area contributed by atoms with E-state index in [0.29, 0.717) is 0 Å². The maximum atomic E-state index is 6.13. The van der Waals surface area contributed by atoms with Crippen molar-refractivity contribution in [3.05, 3.63) is 230 Å². The minimum atomic E-state index is 0.785. The molecule has 0 aliphatic carbocycles. The second-order valence-corrected chi connectivity index (χ2v) is 16.9. The first-order valence-electron chi connectivity index (χ1n) is 21.3. The van der Waals surface area contributed by atoms with Crippen molar-refractivity contribution in [2.75, 3.05) is 0 Å². The van der Waals surface area contributed by atoms with E-state index in [9.17, 15) is 0 Å². The summed E-state index contributed by atoms with van der Waals surface area (Å²) in [4.78, 5) is 8.25. The van der Waals surface area contributed by atoms with Crippen LogP contribution in [-0.4, -0.2) is 14.5 Å². The monoisotopic (exact) mass is 826 g/mol. The van der Waals surface area contributed by atoms with Gasteiger partial charge < -0.3 is 15.3 Å². The molecule has 0 amide bonds. The van der Waals surface area contributed by atoms with Gasteiger partial charge in [-0.1, -0.05) is 133 Å². The smallest absolute Gasteiger partial charge is 0.0888 e. The van der Waals surface area contributed by atoms with Crippen LogP contribution < -0.4 is 5.73 Å². The third-order valence-corrected chi connectivity index (χ3v) is 13.1. The number of nitrogens with one attached hydrogen (secondary N) is 1. The van der Waals surface area contributed by atoms with Crippen LogP contribution in [0.4, 0.5) is 0 Å². The number of nitrogens with two attached hydrogens (primary N) is 1. The van der Waals surface area contributed by atoms with E-state index in [2.05, 4.69) is 166 Å². The van der Waals surface area contributed by atoms with E-state index in [-0.39, 0.29) is 0 Å². The Balaban J connectivity index is 0.000000208. The number of H-pyrrole nitrogens is 1. The lowest BCUT2D eigenvalue weighted by Gasteiger charge is -2.11. The molecule has 300 valence electrons. The average molecular weight is 827 g/mol. The largest absolute Gasteiger partial charge is 0.398 e. The zero-order valence-corrected chi connectivity index (χ0v) is 35.5. The number of fused-ring (bicyclic) bond motifs is 9. The molecule has 5 heteroatoms. The van der Waals surface area contributed by atoms with Crippen molar-refractivity contribution >= 4 is 86.5 Å². The van der Waals surface area contributed by atoms with Gasteiger partial charge in [-0.15, -0.1) is 11.3 Å². The number of nitrogens with zero attached hydrogens (tertiary/aromatic N) is 2. The van der Waals surface area contributed by atoms with Gasteiger partial charge in [0.2, 0.25) is 0 Å². The van der Waals surface area contributed by atoms with Gasteiger partial charge in [-0.2, -0.15) is 0 Å². The maximum Gasteiger partial charge on any atom is 0.0888 e. The Bertz CT molecular complexity index is 3700. The van der Waals surface area contributed by atoms with Gasteiger partial charge in [0.1, 0.15) is 0 Å². The van der Waals surface area contributed by atoms with Gasteiger partial charge in [0.25, 0.3) is 0 Å². The Morgan fingerprint density at radius 2 is 1.14 bits per heavy atom. The van der Waals surface area contributed by atoms with Crippen molar-refractivity contribution < 1.29 is 0 Å². The molecule has 4 heterocycles. The van der Waals surface area contributed by atoms with Crippen LogP contribution in [0.1, 0.15) is 18.1 Å². The van der Waals surface area contributed by atoms with E-state index in [0.717, 1.165) is 28.0 Å². The van der Waals surface area contributed by atoms with Crippen molar-refractivity contribution in [2.24, 2.45) is 5.73 Å². The standard InChI is InChI=1S/C41H25N3S.C17H17N/c1-3-11-35-30(9-1)32-22-26(14-17-36(32)43-35)27-15-18-38-33(23-27)31-10-2-4-12-37(31)44(38)29-8-5-7-25(21-29)28-16-19-39-34(24-28)41-40(45-39)13-6-20-42-41;1-2-14(15-9-5-3-6-10-15)13-17(18)16-11-7-4-8-12-16/h1-24,43H;2-13H,18H2,1H3/b;14-2+,17-13-. The maximum absolute atomic E-state index is 6.13. The van der Waals surface area contributed by atoms with Gasteiger partial charge in [0.15, 0.2) is 0 Å². The Kier molecular flexibility index (Phi) is 9.72. The van der Waals surface area contributed by atoms with Gasteiger partial charge in [-0.05, 0) is 125 Å². The SMILES string of the molecule is C/C=C(\C=C(/N)c1ccccc1)c1ccccc1.c1cc(-c2ccc3sc4cccnc4c3c2)cc(-n2c3ccccc3c3cc(-c4ccc5[nH]c6ccccc6c5c4)ccc32)c1. The summed E-state index contributed by atoms with van der Waals surface area (Å²) in [5.41, 5.74) is 22.1. The first-order valence-corrected chi connectivity index (χ1v) is 22.1. The van der Waals surface area contributed by atoms with Gasteiger partial charge in [-0.3, -0.25) is 4.98 Å². The van der Waals surface area contributed by atoms with E-state index in [4.69, 9.17) is 5.73 Å². The zero-order valence-electron chi connectivity index (χ0n) is 34.7. The number of para-hydroxylation sites is 2. The summed E-state index contributed by atoms with van der Waals surface area (Å²) in [5, 5.41) is 6.24. The van der Waals surface area contributed by atoms with Gasteiger partial charge in [-0.25, -0.2) is 0 Å². The molecule has 3 N–H and O–H groups in total. The molecule has 0 unspecified atom stereocenters. The van der Waals surface area contributed by atoms with Crippen molar-refractivity contribution in [3.63, 3.8) is 0 Å². The Hall–Kier alpha value is -7.99. The minimum Gasteiger partial charge on any atom is -0.398 e. The number of aromatic amines is 1. The molecule has 0 fully saturated rings. The molecule has 0 aliphatic rings. The predicted octanol–water partition coefficient (Wildman–Crippen LogP) is 15.6. The van der Waals surface area contributed by atoms with Gasteiger partial charge in [0, 0.05) is 60.2 Å². The highest BCUT2D eigenvalue weighted by molar-refractivity contribution is 7.25. The molecule has 0 saturated heterocycles. The highest BCUT2D eigenvalue weighted by atomic mass is 32.1. The summed E-state index contributed by atoms with van der Waals surface area (Å²) >= 11 is 1.80.